The van der Waals surface area contributed by atoms with Gasteiger partial charge in [-0.15, -0.1) is 0 Å². The van der Waals surface area contributed by atoms with Crippen LogP contribution in [0.2, 0.25) is 0 Å². The molecule has 0 bridgehead atoms. The summed E-state index contributed by atoms with van der Waals surface area (Å²) in [6, 6.07) is 37.6. The summed E-state index contributed by atoms with van der Waals surface area (Å²) in [7, 11) is -4.27. The van der Waals surface area contributed by atoms with Crippen LogP contribution in [0.5, 0.6) is 23.0 Å². The Labute approximate surface area is 176 Å². The molecule has 0 amide bonds. The summed E-state index contributed by atoms with van der Waals surface area (Å²) in [6.07, 6.45) is 0. The monoisotopic (exact) mass is 418 g/mol. The molecular weight excluding hydrogens is 395 g/mol. The molecule has 0 saturated carbocycles. The first-order valence-corrected chi connectivity index (χ1v) is 12.0. The third-order valence-corrected chi connectivity index (χ3v) is 6.67. The molecule has 4 rings (SSSR count). The van der Waals surface area contributed by atoms with E-state index in [4.69, 9.17) is 18.1 Å². The van der Waals surface area contributed by atoms with Crippen LogP contribution in [-0.2, 0) is 0 Å². The van der Waals surface area contributed by atoms with E-state index in [2.05, 4.69) is 0 Å². The summed E-state index contributed by atoms with van der Waals surface area (Å²) >= 11 is 0. The number of hydrogen-bond donors (Lipinski definition) is 0. The van der Waals surface area contributed by atoms with Gasteiger partial charge in [0, 0.05) is 0 Å². The molecule has 4 aromatic rings. The van der Waals surface area contributed by atoms with E-state index in [0.29, 0.717) is 23.0 Å². The Hall–Kier alpha value is -3.49. The second-order valence-electron chi connectivity index (χ2n) is 6.79. The predicted molar refractivity (Wildman–Crippen MR) is 121 cm³/mol. The van der Waals surface area contributed by atoms with Gasteiger partial charge < -0.3 is 0 Å². The SMILES string of the molecule is CP(Oc1ccccc1)(Oc1ccccc1)(Oc1ccccc1)Oc1ccccc1. The molecule has 0 aromatic heterocycles. The van der Waals surface area contributed by atoms with Gasteiger partial charge in [-0.25, -0.2) is 0 Å². The van der Waals surface area contributed by atoms with Crippen LogP contribution in [0.3, 0.4) is 0 Å². The van der Waals surface area contributed by atoms with Gasteiger partial charge in [0.15, 0.2) is 0 Å². The molecule has 30 heavy (non-hydrogen) atoms. The van der Waals surface area contributed by atoms with Crippen molar-refractivity contribution in [1.29, 1.82) is 0 Å². The molecule has 0 saturated heterocycles. The average molecular weight is 418 g/mol. The van der Waals surface area contributed by atoms with Crippen molar-refractivity contribution in [2.24, 2.45) is 0 Å². The van der Waals surface area contributed by atoms with E-state index >= 15 is 0 Å². The van der Waals surface area contributed by atoms with Crippen LogP contribution in [-0.4, -0.2) is 6.66 Å². The molecule has 0 aliphatic heterocycles. The molecule has 5 heteroatoms. The van der Waals surface area contributed by atoms with Crippen LogP contribution in [0, 0.1) is 0 Å². The van der Waals surface area contributed by atoms with Gasteiger partial charge in [-0.3, -0.25) is 0 Å². The van der Waals surface area contributed by atoms with Gasteiger partial charge in [0.05, 0.1) is 0 Å². The van der Waals surface area contributed by atoms with Gasteiger partial charge in [0.25, 0.3) is 0 Å². The molecule has 0 aliphatic carbocycles. The third-order valence-electron chi connectivity index (χ3n) is 4.21. The number of benzene rings is 4. The normalized spacial score (nSPS) is 12.2. The first kappa shape index (κ1) is 19.8. The zero-order valence-corrected chi connectivity index (χ0v) is 17.5. The van der Waals surface area contributed by atoms with Gasteiger partial charge >= 0.3 is 177 Å². The fourth-order valence-electron chi connectivity index (χ4n) is 2.98. The predicted octanol–water partition coefficient (Wildman–Crippen LogP) is 7.15. The van der Waals surface area contributed by atoms with Crippen molar-refractivity contribution in [2.75, 3.05) is 6.66 Å². The molecule has 0 radical (unpaired) electrons. The maximum absolute atomic E-state index is 6.47. The summed E-state index contributed by atoms with van der Waals surface area (Å²) in [5.74, 6) is 2.34. The van der Waals surface area contributed by atoms with Crippen molar-refractivity contribution in [3.8, 4) is 23.0 Å². The van der Waals surface area contributed by atoms with Crippen molar-refractivity contribution < 1.29 is 18.1 Å². The van der Waals surface area contributed by atoms with Crippen LogP contribution in [0.1, 0.15) is 0 Å². The summed E-state index contributed by atoms with van der Waals surface area (Å²) in [5.41, 5.74) is 0. The topological polar surface area (TPSA) is 36.9 Å². The Morgan fingerprint density at radius 2 is 0.567 bits per heavy atom. The van der Waals surface area contributed by atoms with E-state index in [-0.39, 0.29) is 0 Å². The Kier molecular flexibility index (Phi) is 5.60. The molecule has 0 spiro atoms. The summed E-state index contributed by atoms with van der Waals surface area (Å²) < 4.78 is 25.9. The van der Waals surface area contributed by atoms with Crippen LogP contribution in [0.15, 0.2) is 121 Å². The molecule has 0 fully saturated rings. The van der Waals surface area contributed by atoms with E-state index in [1.54, 1.807) is 6.66 Å². The Balaban J connectivity index is 1.83. The average Bonchev–Trinajstić information content (AvgIpc) is 2.76. The van der Waals surface area contributed by atoms with E-state index in [1.165, 1.54) is 0 Å². The van der Waals surface area contributed by atoms with Crippen molar-refractivity contribution in [1.82, 2.24) is 0 Å². The van der Waals surface area contributed by atoms with Crippen molar-refractivity contribution in [3.05, 3.63) is 121 Å². The summed E-state index contributed by atoms with van der Waals surface area (Å²) in [5, 5.41) is 0. The molecule has 152 valence electrons. The molecule has 0 unspecified atom stereocenters. The Morgan fingerprint density at radius 3 is 0.767 bits per heavy atom. The fourth-order valence-corrected chi connectivity index (χ4v) is 5.56. The van der Waals surface area contributed by atoms with E-state index in [0.717, 1.165) is 0 Å². The molecule has 4 aromatic carbocycles. The van der Waals surface area contributed by atoms with Gasteiger partial charge in [-0.1, -0.05) is 0 Å². The van der Waals surface area contributed by atoms with Crippen LogP contribution in [0.25, 0.3) is 0 Å². The Morgan fingerprint density at radius 1 is 0.367 bits per heavy atom. The van der Waals surface area contributed by atoms with Crippen molar-refractivity contribution in [2.45, 2.75) is 0 Å². The zero-order valence-electron chi connectivity index (χ0n) is 16.6. The van der Waals surface area contributed by atoms with Gasteiger partial charge in [0.2, 0.25) is 0 Å². The fraction of sp³-hybridized carbons (Fsp3) is 0.0400. The molecule has 4 nitrogen and oxygen atoms in total. The quantitative estimate of drug-likeness (QED) is 0.285. The van der Waals surface area contributed by atoms with Crippen LogP contribution < -0.4 is 18.1 Å². The Bertz CT molecular complexity index is 880. The van der Waals surface area contributed by atoms with Crippen LogP contribution >= 0.6 is 7.51 Å². The molecule has 0 heterocycles. The number of hydrogen-bond acceptors (Lipinski definition) is 4. The van der Waals surface area contributed by atoms with Gasteiger partial charge in [0.1, 0.15) is 0 Å². The molecule has 0 aliphatic rings. The summed E-state index contributed by atoms with van der Waals surface area (Å²) in [6.45, 7) is 1.76. The molecular formula is C25H23O4P. The zero-order chi connectivity index (χ0) is 20.7. The molecule has 0 atom stereocenters. The minimum absolute atomic E-state index is 0.584. The second kappa shape index (κ2) is 8.48. The van der Waals surface area contributed by atoms with Crippen molar-refractivity contribution in [3.63, 3.8) is 0 Å². The number of rotatable bonds is 8. The van der Waals surface area contributed by atoms with E-state index < -0.39 is 7.51 Å². The van der Waals surface area contributed by atoms with E-state index in [1.807, 2.05) is 121 Å². The third kappa shape index (κ3) is 4.91. The first-order valence-electron chi connectivity index (χ1n) is 9.64. The second-order valence-corrected chi connectivity index (χ2v) is 9.88. The first-order chi connectivity index (χ1) is 14.6. The maximum atomic E-state index is 6.47. The van der Waals surface area contributed by atoms with Gasteiger partial charge in [-0.2, -0.15) is 0 Å². The summed E-state index contributed by atoms with van der Waals surface area (Å²) in [4.78, 5) is 0. The number of para-hydroxylation sites is 4. The van der Waals surface area contributed by atoms with Crippen molar-refractivity contribution >= 4 is 7.51 Å². The van der Waals surface area contributed by atoms with Crippen LogP contribution in [0.4, 0.5) is 0 Å². The standard InChI is InChI=1S/C25H23O4P/c1-30(26-22-14-6-2-7-15-22,27-23-16-8-3-9-17-23,28-24-18-10-4-11-19-24)29-25-20-12-5-13-21-25/h2-21H,1H3. The van der Waals surface area contributed by atoms with Gasteiger partial charge in [-0.05, 0) is 0 Å². The van der Waals surface area contributed by atoms with E-state index in [9.17, 15) is 0 Å². The molecule has 0 N–H and O–H groups in total. The minimum atomic E-state index is -4.27.